The molecule has 1 aromatic carbocycles. The molecule has 2 rings (SSSR count). The Labute approximate surface area is 101 Å². The van der Waals surface area contributed by atoms with Gasteiger partial charge < -0.3 is 5.32 Å². The average Bonchev–Trinajstić information content (AvgIpc) is 2.89. The second kappa shape index (κ2) is 4.37. The van der Waals surface area contributed by atoms with E-state index in [0.717, 1.165) is 12.5 Å². The van der Waals surface area contributed by atoms with Gasteiger partial charge in [0.15, 0.2) is 0 Å². The van der Waals surface area contributed by atoms with Gasteiger partial charge in [0.25, 0.3) is 0 Å². The van der Waals surface area contributed by atoms with E-state index in [4.69, 9.17) is 0 Å². The van der Waals surface area contributed by atoms with Crippen molar-refractivity contribution in [3.05, 3.63) is 35.4 Å². The Morgan fingerprint density at radius 1 is 1.41 bits per heavy atom. The number of halogens is 2. The first kappa shape index (κ1) is 12.5. The minimum atomic E-state index is -0.369. The summed E-state index contributed by atoms with van der Waals surface area (Å²) in [5, 5.41) is 3.23. The van der Waals surface area contributed by atoms with Crippen LogP contribution in [-0.2, 0) is 6.42 Å². The van der Waals surface area contributed by atoms with Crippen LogP contribution < -0.4 is 5.32 Å². The van der Waals surface area contributed by atoms with E-state index in [1.54, 1.807) is 0 Å². The van der Waals surface area contributed by atoms with Gasteiger partial charge in [0.05, 0.1) is 0 Å². The van der Waals surface area contributed by atoms with E-state index in [1.165, 1.54) is 12.1 Å². The molecule has 0 heterocycles. The summed E-state index contributed by atoms with van der Waals surface area (Å²) in [4.78, 5) is 0. The van der Waals surface area contributed by atoms with Gasteiger partial charge in [0.1, 0.15) is 11.6 Å². The topological polar surface area (TPSA) is 12.0 Å². The molecule has 0 spiro atoms. The Morgan fingerprint density at radius 2 is 2.06 bits per heavy atom. The van der Waals surface area contributed by atoms with Crippen molar-refractivity contribution in [1.82, 2.24) is 5.32 Å². The number of hydrogen-bond acceptors (Lipinski definition) is 1. The Balaban J connectivity index is 2.11. The second-order valence-corrected chi connectivity index (χ2v) is 5.63. The SMILES string of the molecule is CNC(Cc1cc(F)ccc1F)C1CC1(C)C. The smallest absolute Gasteiger partial charge is 0.126 e. The first-order valence-electron chi connectivity index (χ1n) is 6.05. The summed E-state index contributed by atoms with van der Waals surface area (Å²) in [6.45, 7) is 4.42. The third-order valence-electron chi connectivity index (χ3n) is 3.89. The van der Waals surface area contributed by atoms with E-state index in [-0.39, 0.29) is 17.7 Å². The summed E-state index contributed by atoms with van der Waals surface area (Å²) in [5.74, 6) is -0.133. The van der Waals surface area contributed by atoms with Gasteiger partial charge in [-0.2, -0.15) is 0 Å². The fourth-order valence-corrected chi connectivity index (χ4v) is 2.58. The van der Waals surface area contributed by atoms with Crippen molar-refractivity contribution in [2.45, 2.75) is 32.7 Å². The number of nitrogens with one attached hydrogen (secondary N) is 1. The molecule has 0 radical (unpaired) electrons. The molecular weight excluding hydrogens is 220 g/mol. The summed E-state index contributed by atoms with van der Waals surface area (Å²) in [7, 11) is 1.89. The molecule has 1 aromatic rings. The van der Waals surface area contributed by atoms with Crippen LogP contribution in [0.1, 0.15) is 25.8 Å². The second-order valence-electron chi connectivity index (χ2n) is 5.63. The highest BCUT2D eigenvalue weighted by Crippen LogP contribution is 2.54. The molecule has 1 N–H and O–H groups in total. The number of likely N-dealkylation sites (N-methyl/N-ethyl adjacent to an activating group) is 1. The van der Waals surface area contributed by atoms with Gasteiger partial charge in [-0.15, -0.1) is 0 Å². The lowest BCUT2D eigenvalue weighted by Crippen LogP contribution is -2.31. The zero-order chi connectivity index (χ0) is 12.6. The minimum absolute atomic E-state index is 0.223. The molecule has 2 unspecified atom stereocenters. The summed E-state index contributed by atoms with van der Waals surface area (Å²) < 4.78 is 26.6. The normalized spacial score (nSPS) is 23.5. The molecule has 3 heteroatoms. The largest absolute Gasteiger partial charge is 0.316 e. The van der Waals surface area contributed by atoms with Crippen LogP contribution in [0, 0.1) is 23.0 Å². The zero-order valence-electron chi connectivity index (χ0n) is 10.6. The van der Waals surface area contributed by atoms with Gasteiger partial charge in [-0.25, -0.2) is 8.78 Å². The highest BCUT2D eigenvalue weighted by molar-refractivity contribution is 5.21. The highest BCUT2D eigenvalue weighted by Gasteiger charge is 2.49. The Kier molecular flexibility index (Phi) is 3.21. The molecule has 1 nitrogen and oxygen atoms in total. The molecule has 1 aliphatic rings. The maximum absolute atomic E-state index is 13.5. The average molecular weight is 239 g/mol. The maximum atomic E-state index is 13.5. The minimum Gasteiger partial charge on any atom is -0.316 e. The van der Waals surface area contributed by atoms with E-state index >= 15 is 0 Å². The standard InChI is InChI=1S/C14H19F2N/c1-14(2)8-11(14)13(17-3)7-9-6-10(15)4-5-12(9)16/h4-6,11,13,17H,7-8H2,1-3H3. The fraction of sp³-hybridized carbons (Fsp3) is 0.571. The summed E-state index contributed by atoms with van der Waals surface area (Å²) in [5.41, 5.74) is 0.796. The number of hydrogen-bond donors (Lipinski definition) is 1. The first-order valence-corrected chi connectivity index (χ1v) is 6.05. The fourth-order valence-electron chi connectivity index (χ4n) is 2.58. The molecule has 0 saturated heterocycles. The molecule has 1 aliphatic carbocycles. The van der Waals surface area contributed by atoms with Crippen LogP contribution in [0.25, 0.3) is 0 Å². The monoisotopic (exact) mass is 239 g/mol. The lowest BCUT2D eigenvalue weighted by molar-refractivity contribution is 0.419. The zero-order valence-corrected chi connectivity index (χ0v) is 10.6. The van der Waals surface area contributed by atoms with Crippen LogP contribution in [0.5, 0.6) is 0 Å². The van der Waals surface area contributed by atoms with Crippen LogP contribution in [0.15, 0.2) is 18.2 Å². The van der Waals surface area contributed by atoms with Crippen molar-refractivity contribution in [2.75, 3.05) is 7.05 Å². The predicted molar refractivity (Wildman–Crippen MR) is 64.8 cm³/mol. The Morgan fingerprint density at radius 3 is 2.59 bits per heavy atom. The summed E-state index contributed by atoms with van der Waals surface area (Å²) in [6, 6.07) is 3.89. The third kappa shape index (κ3) is 2.65. The van der Waals surface area contributed by atoms with Crippen LogP contribution in [0.4, 0.5) is 8.78 Å². The van der Waals surface area contributed by atoms with Crippen LogP contribution in [-0.4, -0.2) is 13.1 Å². The summed E-state index contributed by atoms with van der Waals surface area (Å²) >= 11 is 0. The van der Waals surface area contributed by atoms with Gasteiger partial charge in [-0.3, -0.25) is 0 Å². The highest BCUT2D eigenvalue weighted by atomic mass is 19.1. The molecule has 0 bridgehead atoms. The lowest BCUT2D eigenvalue weighted by Gasteiger charge is -2.18. The van der Waals surface area contributed by atoms with E-state index < -0.39 is 0 Å². The molecule has 0 aliphatic heterocycles. The van der Waals surface area contributed by atoms with Crippen molar-refractivity contribution >= 4 is 0 Å². The molecule has 17 heavy (non-hydrogen) atoms. The van der Waals surface area contributed by atoms with Gasteiger partial charge in [0, 0.05) is 6.04 Å². The molecule has 1 fully saturated rings. The van der Waals surface area contributed by atoms with Crippen molar-refractivity contribution < 1.29 is 8.78 Å². The van der Waals surface area contributed by atoms with Crippen molar-refractivity contribution in [1.29, 1.82) is 0 Å². The van der Waals surface area contributed by atoms with E-state index in [1.807, 2.05) is 7.05 Å². The summed E-state index contributed by atoms with van der Waals surface area (Å²) in [6.07, 6.45) is 1.70. The number of rotatable bonds is 4. The molecule has 2 atom stereocenters. The van der Waals surface area contributed by atoms with Gasteiger partial charge >= 0.3 is 0 Å². The maximum Gasteiger partial charge on any atom is 0.126 e. The van der Waals surface area contributed by atoms with Gasteiger partial charge in [-0.1, -0.05) is 13.8 Å². The van der Waals surface area contributed by atoms with E-state index in [9.17, 15) is 8.78 Å². The van der Waals surface area contributed by atoms with E-state index in [2.05, 4.69) is 19.2 Å². The molecule has 94 valence electrons. The van der Waals surface area contributed by atoms with E-state index in [0.29, 0.717) is 23.3 Å². The first-order chi connectivity index (χ1) is 7.94. The van der Waals surface area contributed by atoms with Crippen LogP contribution in [0.3, 0.4) is 0 Å². The molecule has 1 saturated carbocycles. The van der Waals surface area contributed by atoms with Gasteiger partial charge in [-0.05, 0) is 55.0 Å². The van der Waals surface area contributed by atoms with Crippen LogP contribution >= 0.6 is 0 Å². The van der Waals surface area contributed by atoms with Crippen molar-refractivity contribution in [2.24, 2.45) is 11.3 Å². The Bertz CT molecular complexity index is 415. The molecule has 0 aromatic heterocycles. The quantitative estimate of drug-likeness (QED) is 0.851. The molecular formula is C14H19F2N. The third-order valence-corrected chi connectivity index (χ3v) is 3.89. The molecule has 0 amide bonds. The van der Waals surface area contributed by atoms with Crippen molar-refractivity contribution in [3.8, 4) is 0 Å². The Hall–Kier alpha value is -0.960. The number of benzene rings is 1. The van der Waals surface area contributed by atoms with Crippen molar-refractivity contribution in [3.63, 3.8) is 0 Å². The lowest BCUT2D eigenvalue weighted by atomic mass is 9.97. The predicted octanol–water partition coefficient (Wildman–Crippen LogP) is 3.14. The van der Waals surface area contributed by atoms with Gasteiger partial charge in [0.2, 0.25) is 0 Å². The van der Waals surface area contributed by atoms with Crippen LogP contribution in [0.2, 0.25) is 0 Å².